The van der Waals surface area contributed by atoms with E-state index in [9.17, 15) is 4.79 Å². The molecule has 2 aliphatic heterocycles. The summed E-state index contributed by atoms with van der Waals surface area (Å²) in [6, 6.07) is 5.75. The third-order valence-electron chi connectivity index (χ3n) is 4.14. The van der Waals surface area contributed by atoms with Crippen molar-refractivity contribution in [2.24, 2.45) is 5.73 Å². The van der Waals surface area contributed by atoms with Crippen LogP contribution >= 0.6 is 0 Å². The Labute approximate surface area is 125 Å². The summed E-state index contributed by atoms with van der Waals surface area (Å²) in [5.74, 6) is 1.03. The second-order valence-corrected chi connectivity index (χ2v) is 5.57. The highest BCUT2D eigenvalue weighted by Crippen LogP contribution is 2.27. The molecule has 0 radical (unpaired) electrons. The average molecular weight is 290 g/mol. The molecule has 0 saturated carbocycles. The van der Waals surface area contributed by atoms with E-state index in [0.29, 0.717) is 13.2 Å². The lowest BCUT2D eigenvalue weighted by Gasteiger charge is -2.32. The van der Waals surface area contributed by atoms with E-state index in [1.807, 2.05) is 23.1 Å². The van der Waals surface area contributed by atoms with E-state index in [-0.39, 0.29) is 12.0 Å². The fourth-order valence-corrected chi connectivity index (χ4v) is 2.96. The Morgan fingerprint density at radius 1 is 1.38 bits per heavy atom. The molecule has 21 heavy (non-hydrogen) atoms. The zero-order chi connectivity index (χ0) is 14.7. The summed E-state index contributed by atoms with van der Waals surface area (Å²) in [5.41, 5.74) is 7.35. The van der Waals surface area contributed by atoms with Gasteiger partial charge in [0.1, 0.15) is 5.75 Å². The van der Waals surface area contributed by atoms with Gasteiger partial charge in [0.05, 0.1) is 19.3 Å². The first-order chi connectivity index (χ1) is 10.3. The lowest BCUT2D eigenvalue weighted by molar-refractivity contribution is 0.0122. The fraction of sp³-hybridized carbons (Fsp3) is 0.562. The van der Waals surface area contributed by atoms with Gasteiger partial charge in [-0.15, -0.1) is 0 Å². The van der Waals surface area contributed by atoms with E-state index >= 15 is 0 Å². The van der Waals surface area contributed by atoms with E-state index < -0.39 is 0 Å². The summed E-state index contributed by atoms with van der Waals surface area (Å²) in [7, 11) is 0. The number of benzene rings is 1. The van der Waals surface area contributed by atoms with Gasteiger partial charge in [0, 0.05) is 31.6 Å². The summed E-state index contributed by atoms with van der Waals surface area (Å²) >= 11 is 0. The summed E-state index contributed by atoms with van der Waals surface area (Å²) in [4.78, 5) is 14.5. The molecule has 114 valence electrons. The molecule has 0 atom stereocenters. The number of amides is 1. The number of nitrogens with zero attached hydrogens (tertiary/aromatic N) is 1. The molecule has 5 nitrogen and oxygen atoms in total. The minimum absolute atomic E-state index is 0.113. The number of piperidine rings is 1. The summed E-state index contributed by atoms with van der Waals surface area (Å²) in [6.07, 6.45) is 2.91. The largest absolute Gasteiger partial charge is 0.493 e. The Morgan fingerprint density at radius 2 is 2.19 bits per heavy atom. The topological polar surface area (TPSA) is 64.8 Å². The van der Waals surface area contributed by atoms with Gasteiger partial charge in [-0.05, 0) is 36.6 Å². The van der Waals surface area contributed by atoms with Crippen molar-refractivity contribution in [3.05, 3.63) is 29.3 Å². The van der Waals surface area contributed by atoms with Crippen LogP contribution in [0.15, 0.2) is 18.2 Å². The minimum Gasteiger partial charge on any atom is -0.493 e. The molecule has 0 unspecified atom stereocenters. The Morgan fingerprint density at radius 3 is 2.95 bits per heavy atom. The highest BCUT2D eigenvalue weighted by molar-refractivity contribution is 5.94. The van der Waals surface area contributed by atoms with Crippen molar-refractivity contribution in [1.29, 1.82) is 0 Å². The molecule has 3 rings (SSSR count). The van der Waals surface area contributed by atoms with Crippen LogP contribution in [0.1, 0.15) is 28.8 Å². The second kappa shape index (κ2) is 6.45. The standard InChI is InChI=1S/C16H22N2O3/c17-6-10-20-14-3-7-18(8-4-14)16(19)13-1-2-15-12(11-13)5-9-21-15/h1-2,11,14H,3-10,17H2. The molecule has 2 heterocycles. The molecule has 1 fully saturated rings. The number of rotatable bonds is 4. The monoisotopic (exact) mass is 290 g/mol. The number of ether oxygens (including phenoxy) is 2. The SMILES string of the molecule is NCCOC1CCN(C(=O)c2ccc3c(c2)CCO3)CC1. The van der Waals surface area contributed by atoms with Crippen molar-refractivity contribution in [2.45, 2.75) is 25.4 Å². The predicted molar refractivity (Wildman–Crippen MR) is 79.6 cm³/mol. The predicted octanol–water partition coefficient (Wildman–Crippen LogP) is 1.20. The smallest absolute Gasteiger partial charge is 0.253 e. The van der Waals surface area contributed by atoms with Crippen molar-refractivity contribution >= 4 is 5.91 Å². The van der Waals surface area contributed by atoms with Crippen LogP contribution in [-0.4, -0.2) is 49.8 Å². The fourth-order valence-electron chi connectivity index (χ4n) is 2.96. The van der Waals surface area contributed by atoms with Crippen molar-refractivity contribution in [3.8, 4) is 5.75 Å². The molecule has 0 bridgehead atoms. The van der Waals surface area contributed by atoms with Crippen LogP contribution in [0.4, 0.5) is 0 Å². The van der Waals surface area contributed by atoms with E-state index in [1.54, 1.807) is 0 Å². The average Bonchev–Trinajstić information content (AvgIpc) is 3.00. The molecule has 1 saturated heterocycles. The lowest BCUT2D eigenvalue weighted by Crippen LogP contribution is -2.41. The van der Waals surface area contributed by atoms with Crippen LogP contribution in [0.5, 0.6) is 5.75 Å². The molecular weight excluding hydrogens is 268 g/mol. The minimum atomic E-state index is 0.113. The molecule has 1 amide bonds. The first-order valence-corrected chi connectivity index (χ1v) is 7.64. The van der Waals surface area contributed by atoms with Crippen molar-refractivity contribution in [3.63, 3.8) is 0 Å². The van der Waals surface area contributed by atoms with Crippen molar-refractivity contribution in [2.75, 3.05) is 32.8 Å². The molecule has 0 aliphatic carbocycles. The Balaban J connectivity index is 1.59. The van der Waals surface area contributed by atoms with Crippen LogP contribution in [0.25, 0.3) is 0 Å². The molecular formula is C16H22N2O3. The highest BCUT2D eigenvalue weighted by Gasteiger charge is 2.25. The van der Waals surface area contributed by atoms with Crippen LogP contribution in [0.3, 0.4) is 0 Å². The first-order valence-electron chi connectivity index (χ1n) is 7.64. The molecule has 0 spiro atoms. The highest BCUT2D eigenvalue weighted by atomic mass is 16.5. The first kappa shape index (κ1) is 14.4. The molecule has 2 N–H and O–H groups in total. The zero-order valence-electron chi connectivity index (χ0n) is 12.2. The van der Waals surface area contributed by atoms with E-state index in [4.69, 9.17) is 15.2 Å². The normalized spacial score (nSPS) is 18.4. The van der Waals surface area contributed by atoms with Crippen molar-refractivity contribution < 1.29 is 14.3 Å². The van der Waals surface area contributed by atoms with E-state index in [2.05, 4.69) is 0 Å². The van der Waals surface area contributed by atoms with Gasteiger partial charge in [-0.25, -0.2) is 0 Å². The maximum Gasteiger partial charge on any atom is 0.253 e. The second-order valence-electron chi connectivity index (χ2n) is 5.57. The van der Waals surface area contributed by atoms with Gasteiger partial charge >= 0.3 is 0 Å². The zero-order valence-corrected chi connectivity index (χ0v) is 12.2. The lowest BCUT2D eigenvalue weighted by atomic mass is 10.0. The van der Waals surface area contributed by atoms with Gasteiger partial charge < -0.3 is 20.1 Å². The van der Waals surface area contributed by atoms with Gasteiger partial charge in [0.2, 0.25) is 0 Å². The summed E-state index contributed by atoms with van der Waals surface area (Å²) in [5, 5.41) is 0. The van der Waals surface area contributed by atoms with Crippen LogP contribution in [0, 0.1) is 0 Å². The van der Waals surface area contributed by atoms with Crippen LogP contribution in [0.2, 0.25) is 0 Å². The quantitative estimate of drug-likeness (QED) is 0.905. The van der Waals surface area contributed by atoms with Crippen molar-refractivity contribution in [1.82, 2.24) is 4.90 Å². The summed E-state index contributed by atoms with van der Waals surface area (Å²) in [6.45, 7) is 3.37. The van der Waals surface area contributed by atoms with Gasteiger partial charge in [-0.3, -0.25) is 4.79 Å². The maximum absolute atomic E-state index is 12.5. The molecule has 2 aliphatic rings. The Hall–Kier alpha value is -1.59. The molecule has 1 aromatic carbocycles. The van der Waals surface area contributed by atoms with E-state index in [0.717, 1.165) is 55.8 Å². The maximum atomic E-state index is 12.5. The Bertz CT molecular complexity index is 510. The number of hydrogen-bond donors (Lipinski definition) is 1. The number of carbonyl (C=O) groups excluding carboxylic acids is 1. The third kappa shape index (κ3) is 3.19. The van der Waals surface area contributed by atoms with Crippen LogP contribution < -0.4 is 10.5 Å². The third-order valence-corrected chi connectivity index (χ3v) is 4.14. The van der Waals surface area contributed by atoms with Crippen LogP contribution in [-0.2, 0) is 11.2 Å². The van der Waals surface area contributed by atoms with E-state index in [1.165, 1.54) is 0 Å². The van der Waals surface area contributed by atoms with Gasteiger partial charge in [-0.1, -0.05) is 0 Å². The number of fused-ring (bicyclic) bond motifs is 1. The Kier molecular flexibility index (Phi) is 4.41. The molecule has 1 aromatic rings. The number of hydrogen-bond acceptors (Lipinski definition) is 4. The molecule has 5 heteroatoms. The number of nitrogens with two attached hydrogens (primary N) is 1. The number of carbonyl (C=O) groups is 1. The van der Waals surface area contributed by atoms with Gasteiger partial charge in [0.15, 0.2) is 0 Å². The van der Waals surface area contributed by atoms with Gasteiger partial charge in [-0.2, -0.15) is 0 Å². The number of likely N-dealkylation sites (tertiary alicyclic amines) is 1. The molecule has 0 aromatic heterocycles. The van der Waals surface area contributed by atoms with Gasteiger partial charge in [0.25, 0.3) is 5.91 Å². The summed E-state index contributed by atoms with van der Waals surface area (Å²) < 4.78 is 11.1.